The Morgan fingerprint density at radius 3 is 2.69 bits per heavy atom. The molecule has 6 nitrogen and oxygen atoms in total. The van der Waals surface area contributed by atoms with Gasteiger partial charge in [-0.3, -0.25) is 9.36 Å². The van der Waals surface area contributed by atoms with E-state index in [0.717, 1.165) is 15.4 Å². The molecule has 0 aliphatic heterocycles. The van der Waals surface area contributed by atoms with Gasteiger partial charge in [-0.15, -0.1) is 32.9 Å². The van der Waals surface area contributed by atoms with E-state index in [1.54, 1.807) is 15.9 Å². The van der Waals surface area contributed by atoms with Crippen molar-refractivity contribution in [2.45, 2.75) is 17.3 Å². The summed E-state index contributed by atoms with van der Waals surface area (Å²) in [5, 5.41) is 13.3. The zero-order chi connectivity index (χ0) is 19.8. The molecule has 144 valence electrons. The van der Waals surface area contributed by atoms with Gasteiger partial charge in [0.05, 0.1) is 21.2 Å². The molecule has 0 fully saturated rings. The lowest BCUT2D eigenvalue weighted by atomic mass is 10.3. The molecule has 9 heteroatoms. The van der Waals surface area contributed by atoms with Gasteiger partial charge >= 0.3 is 0 Å². The van der Waals surface area contributed by atoms with Crippen molar-refractivity contribution in [2.24, 2.45) is 0 Å². The average Bonchev–Trinajstić information content (AvgIpc) is 3.49. The monoisotopic (exact) mass is 438 g/mol. The van der Waals surface area contributed by atoms with Crippen LogP contribution in [0.5, 0.6) is 0 Å². The molecule has 0 saturated heterocycles. The van der Waals surface area contributed by atoms with E-state index in [1.165, 1.54) is 23.1 Å². The maximum Gasteiger partial charge on any atom is 0.267 e. The Bertz CT molecular complexity index is 1320. The SMILES string of the molecule is CC(Sc1nc2sccc2c(=O)n1-c1ccccc1)c1nnc(-c2cccs2)o1. The van der Waals surface area contributed by atoms with Crippen LogP contribution in [0, 0.1) is 0 Å². The summed E-state index contributed by atoms with van der Waals surface area (Å²) < 4.78 is 7.51. The van der Waals surface area contributed by atoms with Crippen molar-refractivity contribution in [1.29, 1.82) is 0 Å². The largest absolute Gasteiger partial charge is 0.419 e. The number of para-hydroxylation sites is 1. The molecule has 0 aliphatic rings. The second kappa shape index (κ2) is 7.58. The fourth-order valence-corrected chi connectivity index (χ4v) is 5.29. The summed E-state index contributed by atoms with van der Waals surface area (Å²) in [6.07, 6.45) is 0. The molecule has 0 N–H and O–H groups in total. The molecule has 1 aromatic carbocycles. The molecule has 4 heterocycles. The Morgan fingerprint density at radius 2 is 1.90 bits per heavy atom. The number of aromatic nitrogens is 4. The van der Waals surface area contributed by atoms with E-state index < -0.39 is 0 Å². The van der Waals surface area contributed by atoms with E-state index in [-0.39, 0.29) is 10.8 Å². The Balaban J connectivity index is 1.55. The molecular formula is C20H14N4O2S3. The number of thiophene rings is 2. The van der Waals surface area contributed by atoms with Crippen molar-refractivity contribution in [3.05, 3.63) is 75.5 Å². The third-order valence-electron chi connectivity index (χ3n) is 4.28. The summed E-state index contributed by atoms with van der Waals surface area (Å²) in [5.41, 5.74) is 0.694. The highest BCUT2D eigenvalue weighted by Gasteiger charge is 2.21. The minimum absolute atomic E-state index is 0.0815. The molecule has 29 heavy (non-hydrogen) atoms. The summed E-state index contributed by atoms with van der Waals surface area (Å²) in [5.74, 6) is 1.00. The summed E-state index contributed by atoms with van der Waals surface area (Å²) in [6, 6.07) is 15.2. The summed E-state index contributed by atoms with van der Waals surface area (Å²) in [4.78, 5) is 19.6. The fourth-order valence-electron chi connectivity index (χ4n) is 2.89. The second-order valence-corrected chi connectivity index (χ2v) is 9.34. The van der Waals surface area contributed by atoms with Crippen LogP contribution in [0.2, 0.25) is 0 Å². The van der Waals surface area contributed by atoms with E-state index >= 15 is 0 Å². The van der Waals surface area contributed by atoms with Gasteiger partial charge in [-0.2, -0.15) is 0 Å². The third kappa shape index (κ3) is 3.41. The highest BCUT2D eigenvalue weighted by atomic mass is 32.2. The molecule has 5 aromatic rings. The lowest BCUT2D eigenvalue weighted by Gasteiger charge is -2.13. The van der Waals surface area contributed by atoms with Gasteiger partial charge in [-0.05, 0) is 41.9 Å². The fraction of sp³-hybridized carbons (Fsp3) is 0.100. The first kappa shape index (κ1) is 18.3. The van der Waals surface area contributed by atoms with E-state index in [1.807, 2.05) is 66.2 Å². The number of benzene rings is 1. The van der Waals surface area contributed by atoms with Crippen LogP contribution in [0.3, 0.4) is 0 Å². The number of hydrogen-bond donors (Lipinski definition) is 0. The number of nitrogens with zero attached hydrogens (tertiary/aromatic N) is 4. The lowest BCUT2D eigenvalue weighted by molar-refractivity contribution is 0.510. The van der Waals surface area contributed by atoms with Gasteiger partial charge < -0.3 is 4.42 Å². The van der Waals surface area contributed by atoms with E-state index in [4.69, 9.17) is 9.40 Å². The highest BCUT2D eigenvalue weighted by Crippen LogP contribution is 2.36. The lowest BCUT2D eigenvalue weighted by Crippen LogP contribution is -2.21. The van der Waals surface area contributed by atoms with Crippen molar-refractivity contribution in [3.63, 3.8) is 0 Å². The van der Waals surface area contributed by atoms with Gasteiger partial charge in [0, 0.05) is 0 Å². The number of thioether (sulfide) groups is 1. The minimum atomic E-state index is -0.171. The van der Waals surface area contributed by atoms with Crippen molar-refractivity contribution in [1.82, 2.24) is 19.7 Å². The molecular weight excluding hydrogens is 424 g/mol. The van der Waals surface area contributed by atoms with E-state index in [9.17, 15) is 4.79 Å². The van der Waals surface area contributed by atoms with Gasteiger partial charge in [-0.25, -0.2) is 4.98 Å². The molecule has 0 bridgehead atoms. The quantitative estimate of drug-likeness (QED) is 0.270. The predicted octanol–water partition coefficient (Wildman–Crippen LogP) is 5.41. The Hall–Kier alpha value is -2.75. The molecule has 0 radical (unpaired) electrons. The van der Waals surface area contributed by atoms with Gasteiger partial charge in [0.1, 0.15) is 4.83 Å². The third-order valence-corrected chi connectivity index (χ3v) is 6.99. The van der Waals surface area contributed by atoms with Gasteiger partial charge in [0.15, 0.2) is 5.16 Å². The molecule has 0 aliphatic carbocycles. The second-order valence-electron chi connectivity index (χ2n) is 6.19. The van der Waals surface area contributed by atoms with Gasteiger partial charge in [0.2, 0.25) is 5.89 Å². The molecule has 1 atom stereocenters. The Kier molecular flexibility index (Phi) is 4.78. The van der Waals surface area contributed by atoms with Crippen molar-refractivity contribution in [2.75, 3.05) is 0 Å². The zero-order valence-corrected chi connectivity index (χ0v) is 17.6. The van der Waals surface area contributed by atoms with Crippen LogP contribution in [0.15, 0.2) is 73.7 Å². The van der Waals surface area contributed by atoms with E-state index in [0.29, 0.717) is 22.3 Å². The van der Waals surface area contributed by atoms with Crippen molar-refractivity contribution in [3.8, 4) is 16.5 Å². The van der Waals surface area contributed by atoms with Crippen LogP contribution < -0.4 is 5.56 Å². The number of hydrogen-bond acceptors (Lipinski definition) is 8. The number of fused-ring (bicyclic) bond motifs is 1. The maximum atomic E-state index is 13.2. The van der Waals surface area contributed by atoms with E-state index in [2.05, 4.69) is 10.2 Å². The predicted molar refractivity (Wildman–Crippen MR) is 117 cm³/mol. The normalized spacial score (nSPS) is 12.4. The van der Waals surface area contributed by atoms with Gasteiger partial charge in [-0.1, -0.05) is 36.0 Å². The van der Waals surface area contributed by atoms with Crippen LogP contribution in [-0.2, 0) is 0 Å². The first-order valence-electron chi connectivity index (χ1n) is 8.80. The van der Waals surface area contributed by atoms with Crippen molar-refractivity contribution >= 4 is 44.7 Å². The van der Waals surface area contributed by atoms with Crippen molar-refractivity contribution < 1.29 is 4.42 Å². The van der Waals surface area contributed by atoms with Gasteiger partial charge in [0.25, 0.3) is 11.4 Å². The van der Waals surface area contributed by atoms with Crippen LogP contribution in [-0.4, -0.2) is 19.7 Å². The smallest absolute Gasteiger partial charge is 0.267 e. The molecule has 0 amide bonds. The zero-order valence-electron chi connectivity index (χ0n) is 15.2. The molecule has 0 saturated carbocycles. The first-order valence-corrected chi connectivity index (χ1v) is 11.4. The van der Waals surface area contributed by atoms with Crippen LogP contribution >= 0.6 is 34.4 Å². The summed E-state index contributed by atoms with van der Waals surface area (Å²) in [7, 11) is 0. The standard InChI is InChI=1S/C20H14N4O2S3/c1-12(16-22-23-17(26-16)15-8-5-10-27-15)29-20-21-18-14(9-11-28-18)19(25)24(20)13-6-3-2-4-7-13/h2-12H,1H3. The number of rotatable bonds is 5. The molecule has 0 spiro atoms. The molecule has 1 unspecified atom stereocenters. The maximum absolute atomic E-state index is 13.2. The summed E-state index contributed by atoms with van der Waals surface area (Å²) in [6.45, 7) is 1.97. The average molecular weight is 439 g/mol. The Labute approximate surface area is 177 Å². The van der Waals surface area contributed by atoms with Crippen LogP contribution in [0.1, 0.15) is 18.1 Å². The molecule has 4 aromatic heterocycles. The van der Waals surface area contributed by atoms with Crippen LogP contribution in [0.4, 0.5) is 0 Å². The minimum Gasteiger partial charge on any atom is -0.419 e. The van der Waals surface area contributed by atoms with Crippen LogP contribution in [0.25, 0.3) is 26.7 Å². The first-order chi connectivity index (χ1) is 14.2. The Morgan fingerprint density at radius 1 is 1.03 bits per heavy atom. The highest BCUT2D eigenvalue weighted by molar-refractivity contribution is 7.99. The molecule has 5 rings (SSSR count). The summed E-state index contributed by atoms with van der Waals surface area (Å²) >= 11 is 4.43. The topological polar surface area (TPSA) is 73.8 Å².